The smallest absolute Gasteiger partial charge is 0.356 e. The van der Waals surface area contributed by atoms with E-state index in [-0.39, 0.29) is 11.4 Å². The van der Waals surface area contributed by atoms with Gasteiger partial charge in [0.2, 0.25) is 0 Å². The molecule has 0 saturated heterocycles. The molecule has 0 bridgehead atoms. The van der Waals surface area contributed by atoms with Crippen LogP contribution in [0.1, 0.15) is 21.6 Å². The number of benzene rings is 1. The number of carbonyl (C=O) groups is 1. The van der Waals surface area contributed by atoms with Crippen molar-refractivity contribution in [2.75, 3.05) is 14.1 Å². The molecule has 2 N–H and O–H groups in total. The number of hydrogen-bond acceptors (Lipinski definition) is 4. The Hall–Kier alpha value is -2.34. The van der Waals surface area contributed by atoms with E-state index in [4.69, 9.17) is 5.11 Å². The number of carboxylic acid groups (broad SMARTS) is 1. The van der Waals surface area contributed by atoms with Gasteiger partial charge < -0.3 is 15.1 Å². The second-order valence-corrected chi connectivity index (χ2v) is 5.32. The van der Waals surface area contributed by atoms with E-state index in [1.54, 1.807) is 29.9 Å². The quantitative estimate of drug-likeness (QED) is 0.898. The third-order valence-corrected chi connectivity index (χ3v) is 3.42. The van der Waals surface area contributed by atoms with Gasteiger partial charge in [-0.1, -0.05) is 0 Å². The molecule has 2 aromatic rings. The summed E-state index contributed by atoms with van der Waals surface area (Å²) in [6.45, 7) is 2.52. The van der Waals surface area contributed by atoms with Crippen molar-refractivity contribution in [3.8, 4) is 17.0 Å². The Morgan fingerprint density at radius 1 is 1.38 bits per heavy atom. The van der Waals surface area contributed by atoms with Crippen molar-refractivity contribution in [3.63, 3.8) is 0 Å². The number of phenols is 1. The minimum Gasteiger partial charge on any atom is -0.508 e. The summed E-state index contributed by atoms with van der Waals surface area (Å²) < 4.78 is 1.54. The van der Waals surface area contributed by atoms with Crippen LogP contribution in [0.25, 0.3) is 11.3 Å². The highest BCUT2D eigenvalue weighted by molar-refractivity contribution is 5.87. The van der Waals surface area contributed by atoms with Gasteiger partial charge in [-0.05, 0) is 44.8 Å². The van der Waals surface area contributed by atoms with Crippen molar-refractivity contribution in [2.45, 2.75) is 13.5 Å². The predicted molar refractivity (Wildman–Crippen MR) is 79.4 cm³/mol. The predicted octanol–water partition coefficient (Wildman–Crippen LogP) is 1.86. The molecule has 0 spiro atoms. The first-order valence-corrected chi connectivity index (χ1v) is 6.55. The lowest BCUT2D eigenvalue weighted by Gasteiger charge is -2.16. The molecule has 0 fully saturated rings. The lowest BCUT2D eigenvalue weighted by molar-refractivity contribution is 0.0689. The van der Waals surface area contributed by atoms with Crippen LogP contribution in [-0.2, 0) is 13.6 Å². The summed E-state index contributed by atoms with van der Waals surface area (Å²) in [6, 6.07) is 4.96. The van der Waals surface area contributed by atoms with Gasteiger partial charge >= 0.3 is 5.97 Å². The molecule has 2 rings (SSSR count). The zero-order valence-corrected chi connectivity index (χ0v) is 12.6. The number of aryl methyl sites for hydroxylation is 1. The zero-order valence-electron chi connectivity index (χ0n) is 12.6. The molecule has 1 heterocycles. The lowest BCUT2D eigenvalue weighted by atomic mass is 9.98. The van der Waals surface area contributed by atoms with Crippen LogP contribution in [0, 0.1) is 6.92 Å². The van der Waals surface area contributed by atoms with E-state index in [1.165, 1.54) is 0 Å². The fourth-order valence-corrected chi connectivity index (χ4v) is 2.36. The van der Waals surface area contributed by atoms with E-state index in [0.29, 0.717) is 12.2 Å². The van der Waals surface area contributed by atoms with Crippen molar-refractivity contribution >= 4 is 5.97 Å². The third-order valence-electron chi connectivity index (χ3n) is 3.42. The van der Waals surface area contributed by atoms with Crippen LogP contribution < -0.4 is 0 Å². The molecule has 0 unspecified atom stereocenters. The van der Waals surface area contributed by atoms with E-state index in [0.717, 1.165) is 16.7 Å². The van der Waals surface area contributed by atoms with E-state index in [9.17, 15) is 9.90 Å². The Morgan fingerprint density at radius 3 is 2.57 bits per heavy atom. The molecule has 0 aliphatic rings. The number of nitrogens with zero attached hydrogens (tertiary/aromatic N) is 3. The Labute approximate surface area is 123 Å². The topological polar surface area (TPSA) is 78.6 Å². The van der Waals surface area contributed by atoms with Crippen LogP contribution in [-0.4, -0.2) is 45.0 Å². The molecule has 6 heteroatoms. The molecule has 0 aliphatic heterocycles. The Morgan fingerprint density at radius 2 is 2.05 bits per heavy atom. The molecule has 6 nitrogen and oxygen atoms in total. The molecular weight excluding hydrogens is 270 g/mol. The van der Waals surface area contributed by atoms with Gasteiger partial charge in [0.15, 0.2) is 5.69 Å². The van der Waals surface area contributed by atoms with E-state index < -0.39 is 5.97 Å². The van der Waals surface area contributed by atoms with Crippen LogP contribution in [0.3, 0.4) is 0 Å². The maximum Gasteiger partial charge on any atom is 0.356 e. The molecule has 1 aromatic carbocycles. The molecule has 0 radical (unpaired) electrons. The van der Waals surface area contributed by atoms with Crippen LogP contribution >= 0.6 is 0 Å². The molecule has 0 aliphatic carbocycles. The molecule has 0 atom stereocenters. The normalized spacial score (nSPS) is 11.1. The summed E-state index contributed by atoms with van der Waals surface area (Å²) in [7, 11) is 5.57. The van der Waals surface area contributed by atoms with Crippen LogP contribution in [0.5, 0.6) is 5.75 Å². The van der Waals surface area contributed by atoms with Crippen molar-refractivity contribution < 1.29 is 15.0 Å². The van der Waals surface area contributed by atoms with Gasteiger partial charge in [0.05, 0.1) is 5.69 Å². The molecule has 1 aromatic heterocycles. The number of carboxylic acids is 1. The monoisotopic (exact) mass is 289 g/mol. The molecule has 112 valence electrons. The standard InChI is InChI=1S/C15H19N3O3/c1-9-10(5-6-14(19)11(9)8-17(2)3)13-7-12(15(20)21)16-18(13)4/h5-7,19H,8H2,1-4H3,(H,20,21). The summed E-state index contributed by atoms with van der Waals surface area (Å²) in [5.41, 5.74) is 3.34. The number of aromatic carboxylic acids is 1. The Balaban J connectivity index is 2.57. The van der Waals surface area contributed by atoms with Crippen molar-refractivity contribution in [1.82, 2.24) is 14.7 Å². The minimum absolute atomic E-state index is 0.00846. The number of hydrogen-bond donors (Lipinski definition) is 2. The highest BCUT2D eigenvalue weighted by atomic mass is 16.4. The SMILES string of the molecule is Cc1c(-c2cc(C(=O)O)nn2C)ccc(O)c1CN(C)C. The first kappa shape index (κ1) is 15.1. The number of aromatic nitrogens is 2. The fraction of sp³-hybridized carbons (Fsp3) is 0.333. The van der Waals surface area contributed by atoms with E-state index in [1.807, 2.05) is 25.9 Å². The summed E-state index contributed by atoms with van der Waals surface area (Å²) in [5.74, 6) is -0.813. The first-order chi connectivity index (χ1) is 9.81. The fourth-order valence-electron chi connectivity index (χ4n) is 2.36. The first-order valence-electron chi connectivity index (χ1n) is 6.55. The summed E-state index contributed by atoms with van der Waals surface area (Å²) in [5, 5.41) is 23.0. The third kappa shape index (κ3) is 2.90. The zero-order chi connectivity index (χ0) is 15.7. The average Bonchev–Trinajstić information content (AvgIpc) is 2.77. The lowest BCUT2D eigenvalue weighted by Crippen LogP contribution is -2.12. The van der Waals surface area contributed by atoms with Crippen molar-refractivity contribution in [2.24, 2.45) is 7.05 Å². The molecular formula is C15H19N3O3. The summed E-state index contributed by atoms with van der Waals surface area (Å²) in [6.07, 6.45) is 0. The largest absolute Gasteiger partial charge is 0.508 e. The van der Waals surface area contributed by atoms with E-state index >= 15 is 0 Å². The van der Waals surface area contributed by atoms with Gasteiger partial charge in [0, 0.05) is 24.7 Å². The van der Waals surface area contributed by atoms with Gasteiger partial charge in [-0.15, -0.1) is 0 Å². The maximum absolute atomic E-state index is 11.0. The van der Waals surface area contributed by atoms with Crippen LogP contribution in [0.15, 0.2) is 18.2 Å². The minimum atomic E-state index is -1.05. The average molecular weight is 289 g/mol. The van der Waals surface area contributed by atoms with Crippen molar-refractivity contribution in [3.05, 3.63) is 35.0 Å². The number of phenolic OH excluding ortho intramolecular Hbond substituents is 1. The molecule has 0 amide bonds. The maximum atomic E-state index is 11.0. The second-order valence-electron chi connectivity index (χ2n) is 5.32. The van der Waals surface area contributed by atoms with Gasteiger partial charge in [0.25, 0.3) is 0 Å². The number of rotatable bonds is 4. The molecule has 21 heavy (non-hydrogen) atoms. The highest BCUT2D eigenvalue weighted by Crippen LogP contribution is 2.31. The summed E-state index contributed by atoms with van der Waals surface area (Å²) in [4.78, 5) is 13.0. The molecule has 0 saturated carbocycles. The van der Waals surface area contributed by atoms with Gasteiger partial charge in [0.1, 0.15) is 5.75 Å². The number of aromatic hydroxyl groups is 1. The van der Waals surface area contributed by atoms with Crippen LogP contribution in [0.4, 0.5) is 0 Å². The van der Waals surface area contributed by atoms with Crippen molar-refractivity contribution in [1.29, 1.82) is 0 Å². The van der Waals surface area contributed by atoms with Crippen LogP contribution in [0.2, 0.25) is 0 Å². The Kier molecular flexibility index (Phi) is 3.99. The van der Waals surface area contributed by atoms with E-state index in [2.05, 4.69) is 5.10 Å². The Bertz CT molecular complexity index is 690. The summed E-state index contributed by atoms with van der Waals surface area (Å²) >= 11 is 0. The highest BCUT2D eigenvalue weighted by Gasteiger charge is 2.17. The second kappa shape index (κ2) is 5.57. The van der Waals surface area contributed by atoms with Gasteiger partial charge in [-0.2, -0.15) is 5.10 Å². The van der Waals surface area contributed by atoms with Gasteiger partial charge in [-0.25, -0.2) is 4.79 Å². The van der Waals surface area contributed by atoms with Gasteiger partial charge in [-0.3, -0.25) is 4.68 Å².